The summed E-state index contributed by atoms with van der Waals surface area (Å²) in [5.41, 5.74) is 1.07. The number of aryl methyl sites for hydroxylation is 3. The number of hydrogen-bond acceptors (Lipinski definition) is 5. The maximum atomic E-state index is 4.38. The van der Waals surface area contributed by atoms with Gasteiger partial charge in [-0.15, -0.1) is 11.3 Å². The lowest BCUT2D eigenvalue weighted by molar-refractivity contribution is 0.940. The van der Waals surface area contributed by atoms with E-state index in [1.54, 1.807) is 11.3 Å². The van der Waals surface area contributed by atoms with Gasteiger partial charge in [0.15, 0.2) is 0 Å². The maximum absolute atomic E-state index is 4.38. The van der Waals surface area contributed by atoms with Crippen LogP contribution >= 0.6 is 11.3 Å². The quantitative estimate of drug-likeness (QED) is 0.900. The smallest absolute Gasteiger partial charge is 0.130 e. The zero-order valence-corrected chi connectivity index (χ0v) is 11.8. The van der Waals surface area contributed by atoms with Gasteiger partial charge < -0.3 is 5.32 Å². The SMILES string of the molecule is CCc1cc(NCc2ncc(CC)s2)nc(C)n1. The van der Waals surface area contributed by atoms with E-state index in [4.69, 9.17) is 0 Å². The number of anilines is 1. The first-order valence-corrected chi connectivity index (χ1v) is 7.05. The van der Waals surface area contributed by atoms with Crippen LogP contribution in [-0.4, -0.2) is 15.0 Å². The second-order valence-corrected chi connectivity index (χ2v) is 5.27. The zero-order chi connectivity index (χ0) is 13.0. The van der Waals surface area contributed by atoms with Crippen molar-refractivity contribution in [2.75, 3.05) is 5.32 Å². The Bertz CT molecular complexity index is 521. The predicted octanol–water partition coefficient (Wildman–Crippen LogP) is 2.98. The minimum absolute atomic E-state index is 0.726. The summed E-state index contributed by atoms with van der Waals surface area (Å²) in [4.78, 5) is 14.4. The molecule has 2 aromatic rings. The van der Waals surface area contributed by atoms with Gasteiger partial charge in [-0.05, 0) is 19.8 Å². The Labute approximate surface area is 112 Å². The van der Waals surface area contributed by atoms with Crippen molar-refractivity contribution >= 4 is 17.2 Å². The van der Waals surface area contributed by atoms with Crippen LogP contribution in [0.3, 0.4) is 0 Å². The summed E-state index contributed by atoms with van der Waals surface area (Å²) in [6.45, 7) is 6.89. The van der Waals surface area contributed by atoms with E-state index in [0.717, 1.165) is 41.7 Å². The van der Waals surface area contributed by atoms with E-state index in [2.05, 4.69) is 34.1 Å². The number of nitrogens with one attached hydrogen (secondary N) is 1. The molecule has 0 unspecified atom stereocenters. The molecule has 96 valence electrons. The highest BCUT2D eigenvalue weighted by Gasteiger charge is 2.03. The molecule has 0 aliphatic heterocycles. The highest BCUT2D eigenvalue weighted by molar-refractivity contribution is 7.11. The first-order chi connectivity index (χ1) is 8.71. The van der Waals surface area contributed by atoms with E-state index in [0.29, 0.717) is 0 Å². The average molecular weight is 262 g/mol. The van der Waals surface area contributed by atoms with Crippen molar-refractivity contribution in [2.45, 2.75) is 40.2 Å². The maximum Gasteiger partial charge on any atom is 0.130 e. The normalized spacial score (nSPS) is 10.6. The summed E-state index contributed by atoms with van der Waals surface area (Å²) in [6.07, 6.45) is 3.92. The molecule has 2 rings (SSSR count). The van der Waals surface area contributed by atoms with Crippen LogP contribution in [0.4, 0.5) is 5.82 Å². The van der Waals surface area contributed by atoms with Gasteiger partial charge in [0.1, 0.15) is 16.6 Å². The van der Waals surface area contributed by atoms with E-state index in [1.807, 2.05) is 19.2 Å². The summed E-state index contributed by atoms with van der Waals surface area (Å²) >= 11 is 1.75. The molecule has 0 spiro atoms. The second-order valence-electron chi connectivity index (χ2n) is 4.07. The molecule has 0 saturated heterocycles. The minimum atomic E-state index is 0.726. The van der Waals surface area contributed by atoms with Crippen molar-refractivity contribution in [3.05, 3.63) is 33.7 Å². The van der Waals surface area contributed by atoms with E-state index in [-0.39, 0.29) is 0 Å². The van der Waals surface area contributed by atoms with E-state index in [9.17, 15) is 0 Å². The molecular weight excluding hydrogens is 244 g/mol. The first kappa shape index (κ1) is 13.0. The van der Waals surface area contributed by atoms with Gasteiger partial charge in [-0.1, -0.05) is 13.8 Å². The summed E-state index contributed by atoms with van der Waals surface area (Å²) in [5.74, 6) is 1.69. The number of rotatable bonds is 5. The second kappa shape index (κ2) is 5.91. The van der Waals surface area contributed by atoms with Gasteiger partial charge in [0.05, 0.1) is 6.54 Å². The number of nitrogens with zero attached hydrogens (tertiary/aromatic N) is 3. The molecule has 0 aliphatic carbocycles. The molecule has 0 aromatic carbocycles. The van der Waals surface area contributed by atoms with Crippen LogP contribution in [0.25, 0.3) is 0 Å². The van der Waals surface area contributed by atoms with Crippen molar-refractivity contribution < 1.29 is 0 Å². The number of aromatic nitrogens is 3. The van der Waals surface area contributed by atoms with E-state index < -0.39 is 0 Å². The number of hydrogen-bond donors (Lipinski definition) is 1. The Balaban J connectivity index is 2.03. The van der Waals surface area contributed by atoms with Gasteiger partial charge in [-0.2, -0.15) is 0 Å². The first-order valence-electron chi connectivity index (χ1n) is 6.23. The van der Waals surface area contributed by atoms with Crippen LogP contribution in [0, 0.1) is 6.92 Å². The Kier molecular flexibility index (Phi) is 4.25. The van der Waals surface area contributed by atoms with Gasteiger partial charge in [-0.25, -0.2) is 15.0 Å². The highest BCUT2D eigenvalue weighted by atomic mass is 32.1. The zero-order valence-electron chi connectivity index (χ0n) is 11.0. The molecule has 2 heterocycles. The van der Waals surface area contributed by atoms with E-state index in [1.165, 1.54) is 4.88 Å². The minimum Gasteiger partial charge on any atom is -0.363 e. The molecule has 0 bridgehead atoms. The third kappa shape index (κ3) is 3.26. The Morgan fingerprint density at radius 2 is 2.06 bits per heavy atom. The van der Waals surface area contributed by atoms with Crippen molar-refractivity contribution in [1.82, 2.24) is 15.0 Å². The molecule has 0 fully saturated rings. The number of thiazole rings is 1. The average Bonchev–Trinajstić information content (AvgIpc) is 2.83. The van der Waals surface area contributed by atoms with Crippen LogP contribution in [0.15, 0.2) is 12.3 Å². The Hall–Kier alpha value is -1.49. The molecule has 5 heteroatoms. The van der Waals surface area contributed by atoms with Crippen LogP contribution in [0.2, 0.25) is 0 Å². The molecule has 2 aromatic heterocycles. The van der Waals surface area contributed by atoms with E-state index >= 15 is 0 Å². The lowest BCUT2D eigenvalue weighted by Gasteiger charge is -2.06. The lowest BCUT2D eigenvalue weighted by Crippen LogP contribution is -2.04. The molecular formula is C13H18N4S. The molecule has 0 amide bonds. The monoisotopic (exact) mass is 262 g/mol. The molecule has 18 heavy (non-hydrogen) atoms. The molecule has 0 aliphatic rings. The molecule has 0 saturated carbocycles. The summed E-state index contributed by atoms with van der Waals surface area (Å²) < 4.78 is 0. The Morgan fingerprint density at radius 1 is 1.22 bits per heavy atom. The fourth-order valence-electron chi connectivity index (χ4n) is 1.66. The van der Waals surface area contributed by atoms with Crippen molar-refractivity contribution in [2.24, 2.45) is 0 Å². The molecule has 0 radical (unpaired) electrons. The van der Waals surface area contributed by atoms with Crippen LogP contribution in [0.1, 0.15) is 35.3 Å². The van der Waals surface area contributed by atoms with Gasteiger partial charge in [0.2, 0.25) is 0 Å². The molecule has 0 atom stereocenters. The third-order valence-corrected chi connectivity index (χ3v) is 3.77. The van der Waals surface area contributed by atoms with Crippen LogP contribution in [-0.2, 0) is 19.4 Å². The van der Waals surface area contributed by atoms with Gasteiger partial charge in [0, 0.05) is 22.8 Å². The lowest BCUT2D eigenvalue weighted by atomic mass is 10.3. The Morgan fingerprint density at radius 3 is 2.72 bits per heavy atom. The van der Waals surface area contributed by atoms with Crippen molar-refractivity contribution in [3.63, 3.8) is 0 Å². The van der Waals surface area contributed by atoms with Gasteiger partial charge in [0.25, 0.3) is 0 Å². The van der Waals surface area contributed by atoms with Crippen LogP contribution in [0.5, 0.6) is 0 Å². The topological polar surface area (TPSA) is 50.7 Å². The summed E-state index contributed by atoms with van der Waals surface area (Å²) in [5, 5.41) is 4.41. The standard InChI is InChI=1S/C13H18N4S/c1-4-10-6-12(17-9(3)16-10)14-8-13-15-7-11(5-2)18-13/h6-7H,4-5,8H2,1-3H3,(H,14,16,17). The molecule has 1 N–H and O–H groups in total. The van der Waals surface area contributed by atoms with Crippen molar-refractivity contribution in [3.8, 4) is 0 Å². The fourth-order valence-corrected chi connectivity index (χ4v) is 2.46. The highest BCUT2D eigenvalue weighted by Crippen LogP contribution is 2.15. The van der Waals surface area contributed by atoms with Gasteiger partial charge in [-0.3, -0.25) is 0 Å². The largest absolute Gasteiger partial charge is 0.363 e. The predicted molar refractivity (Wildman–Crippen MR) is 75.0 cm³/mol. The van der Waals surface area contributed by atoms with Crippen molar-refractivity contribution in [1.29, 1.82) is 0 Å². The summed E-state index contributed by atoms with van der Waals surface area (Å²) in [6, 6.07) is 2.00. The fraction of sp³-hybridized carbons (Fsp3) is 0.462. The van der Waals surface area contributed by atoms with Crippen LogP contribution < -0.4 is 5.32 Å². The van der Waals surface area contributed by atoms with Gasteiger partial charge >= 0.3 is 0 Å². The molecule has 4 nitrogen and oxygen atoms in total. The summed E-state index contributed by atoms with van der Waals surface area (Å²) in [7, 11) is 0. The third-order valence-electron chi connectivity index (χ3n) is 2.62.